The molecule has 0 bridgehead atoms. The molecule has 0 saturated carbocycles. The molecule has 4 rings (SSSR count). The lowest BCUT2D eigenvalue weighted by atomic mass is 10.1. The molecule has 1 unspecified atom stereocenters. The number of nitrogens with one attached hydrogen (secondary N) is 2. The highest BCUT2D eigenvalue weighted by atomic mass is 32.1. The van der Waals surface area contributed by atoms with Gasteiger partial charge in [0.1, 0.15) is 23.9 Å². The molecular formula is C25H22FN3O4S. The Hall–Kier alpha value is -4.11. The van der Waals surface area contributed by atoms with Crippen molar-refractivity contribution < 1.29 is 23.4 Å². The fourth-order valence-electron chi connectivity index (χ4n) is 3.31. The highest BCUT2D eigenvalue weighted by molar-refractivity contribution is 7.20. The monoisotopic (exact) mass is 479 g/mol. The van der Waals surface area contributed by atoms with E-state index in [1.54, 1.807) is 6.07 Å². The van der Waals surface area contributed by atoms with Crippen LogP contribution in [-0.2, 0) is 4.74 Å². The molecule has 0 fully saturated rings. The normalized spacial score (nSPS) is 11.6. The Bertz CT molecular complexity index is 1330. The lowest BCUT2D eigenvalue weighted by molar-refractivity contribution is 0.0909. The number of carbonyl (C=O) groups is 1. The first-order valence-electron chi connectivity index (χ1n) is 10.3. The minimum atomic E-state index is -0.818. The number of anilines is 1. The number of hydrogen-bond acceptors (Lipinski definition) is 6. The van der Waals surface area contributed by atoms with Crippen molar-refractivity contribution in [2.75, 3.05) is 19.0 Å². The number of nitrogen functional groups attached to an aromatic ring is 1. The first kappa shape index (κ1) is 23.1. The number of carbonyl (C=O) groups excluding carboxylic acids is 1. The summed E-state index contributed by atoms with van der Waals surface area (Å²) in [6.45, 7) is -0.117. The van der Waals surface area contributed by atoms with E-state index in [4.69, 9.17) is 25.4 Å². The van der Waals surface area contributed by atoms with Crippen LogP contribution in [0.2, 0.25) is 0 Å². The van der Waals surface area contributed by atoms with Gasteiger partial charge in [0.15, 0.2) is 11.9 Å². The van der Waals surface area contributed by atoms with Crippen LogP contribution in [0.5, 0.6) is 11.5 Å². The van der Waals surface area contributed by atoms with Crippen LogP contribution < -0.4 is 20.5 Å². The number of thiophene rings is 1. The predicted molar refractivity (Wildman–Crippen MR) is 131 cm³/mol. The van der Waals surface area contributed by atoms with Crippen LogP contribution in [0.4, 0.5) is 14.9 Å². The Balaban J connectivity index is 1.52. The molecule has 0 saturated heterocycles. The minimum absolute atomic E-state index is 0.0162. The van der Waals surface area contributed by atoms with E-state index < -0.39 is 18.0 Å². The van der Waals surface area contributed by atoms with E-state index >= 15 is 0 Å². The molecule has 0 aliphatic carbocycles. The van der Waals surface area contributed by atoms with Gasteiger partial charge in [0.05, 0.1) is 17.7 Å². The van der Waals surface area contributed by atoms with Gasteiger partial charge >= 0.3 is 6.09 Å². The number of ether oxygens (including phenoxy) is 3. The van der Waals surface area contributed by atoms with Crippen molar-refractivity contribution in [2.45, 2.75) is 6.10 Å². The molecule has 1 amide bonds. The molecule has 34 heavy (non-hydrogen) atoms. The van der Waals surface area contributed by atoms with E-state index in [2.05, 4.69) is 5.32 Å². The zero-order chi connectivity index (χ0) is 24.1. The molecule has 0 aliphatic heterocycles. The molecule has 0 spiro atoms. The number of methoxy groups -OCH3 is 1. The smallest absolute Gasteiger partial charge is 0.411 e. The van der Waals surface area contributed by atoms with Crippen molar-refractivity contribution in [1.82, 2.24) is 0 Å². The fourth-order valence-corrected chi connectivity index (χ4v) is 4.25. The summed E-state index contributed by atoms with van der Waals surface area (Å²) in [6.07, 6.45) is -1.44. The Kier molecular flexibility index (Phi) is 6.93. The summed E-state index contributed by atoms with van der Waals surface area (Å²) in [6, 6.07) is 20.8. The molecule has 174 valence electrons. The second-order valence-electron chi connectivity index (χ2n) is 7.28. The third kappa shape index (κ3) is 5.26. The van der Waals surface area contributed by atoms with Gasteiger partial charge in [0, 0.05) is 16.2 Å². The van der Waals surface area contributed by atoms with Crippen LogP contribution in [0.15, 0.2) is 72.8 Å². The summed E-state index contributed by atoms with van der Waals surface area (Å²) in [5.41, 5.74) is 6.42. The molecular weight excluding hydrogens is 457 g/mol. The molecule has 1 heterocycles. The van der Waals surface area contributed by atoms with Crippen LogP contribution in [0, 0.1) is 11.2 Å². The lowest BCUT2D eigenvalue weighted by Gasteiger charge is -2.20. The lowest BCUT2D eigenvalue weighted by Crippen LogP contribution is -2.21. The van der Waals surface area contributed by atoms with E-state index in [1.165, 1.54) is 36.6 Å². The van der Waals surface area contributed by atoms with Gasteiger partial charge < -0.3 is 19.9 Å². The number of amides is 1. The van der Waals surface area contributed by atoms with E-state index in [0.29, 0.717) is 16.4 Å². The average molecular weight is 480 g/mol. The van der Waals surface area contributed by atoms with Gasteiger partial charge in [-0.1, -0.05) is 36.4 Å². The van der Waals surface area contributed by atoms with Gasteiger partial charge in [-0.2, -0.15) is 0 Å². The first-order valence-corrected chi connectivity index (χ1v) is 11.1. The summed E-state index contributed by atoms with van der Waals surface area (Å²) in [4.78, 5) is 13.0. The molecule has 3 aromatic carbocycles. The summed E-state index contributed by atoms with van der Waals surface area (Å²) >= 11 is 1.40. The predicted octanol–water partition coefficient (Wildman–Crippen LogP) is 5.70. The molecule has 1 atom stereocenters. The van der Waals surface area contributed by atoms with Gasteiger partial charge in [-0.25, -0.2) is 9.18 Å². The second kappa shape index (κ2) is 10.2. The number of fused-ring (bicyclic) bond motifs is 1. The molecule has 1 aromatic heterocycles. The topological polar surface area (TPSA) is 107 Å². The Morgan fingerprint density at radius 2 is 1.91 bits per heavy atom. The summed E-state index contributed by atoms with van der Waals surface area (Å²) in [7, 11) is 1.43. The van der Waals surface area contributed by atoms with Crippen molar-refractivity contribution in [3.8, 4) is 11.5 Å². The largest absolute Gasteiger partial charge is 0.497 e. The highest BCUT2D eigenvalue weighted by Crippen LogP contribution is 2.35. The van der Waals surface area contributed by atoms with E-state index in [0.717, 1.165) is 15.6 Å². The average Bonchev–Trinajstić information content (AvgIpc) is 3.29. The Labute approximate surface area is 199 Å². The number of hydrogen-bond donors (Lipinski definition) is 3. The van der Waals surface area contributed by atoms with E-state index in [1.807, 2.05) is 48.5 Å². The van der Waals surface area contributed by atoms with Crippen LogP contribution in [0.3, 0.4) is 0 Å². The van der Waals surface area contributed by atoms with Crippen molar-refractivity contribution in [1.29, 1.82) is 5.41 Å². The van der Waals surface area contributed by atoms with Gasteiger partial charge in [0.2, 0.25) is 0 Å². The Morgan fingerprint density at radius 1 is 1.12 bits per heavy atom. The third-order valence-corrected chi connectivity index (χ3v) is 6.14. The summed E-state index contributed by atoms with van der Waals surface area (Å²) in [5.74, 6) is 0.250. The van der Waals surface area contributed by atoms with Gasteiger partial charge in [-0.05, 0) is 35.9 Å². The molecule has 0 radical (unpaired) electrons. The van der Waals surface area contributed by atoms with Crippen LogP contribution in [0.25, 0.3) is 10.1 Å². The maximum atomic E-state index is 14.2. The molecule has 4 aromatic rings. The maximum absolute atomic E-state index is 14.2. The number of rotatable bonds is 8. The third-order valence-electron chi connectivity index (χ3n) is 5.01. The fraction of sp³-hybridized carbons (Fsp3) is 0.120. The van der Waals surface area contributed by atoms with Gasteiger partial charge in [-0.15, -0.1) is 11.3 Å². The van der Waals surface area contributed by atoms with Crippen LogP contribution in [0.1, 0.15) is 16.5 Å². The first-order chi connectivity index (χ1) is 16.4. The molecule has 4 N–H and O–H groups in total. The van der Waals surface area contributed by atoms with Crippen LogP contribution in [-0.4, -0.2) is 25.6 Å². The number of amidine groups is 1. The van der Waals surface area contributed by atoms with E-state index in [9.17, 15) is 9.18 Å². The minimum Gasteiger partial charge on any atom is -0.497 e. The van der Waals surface area contributed by atoms with Crippen molar-refractivity contribution in [2.24, 2.45) is 5.73 Å². The van der Waals surface area contributed by atoms with Crippen molar-refractivity contribution in [3.05, 3.63) is 89.1 Å². The Morgan fingerprint density at radius 3 is 2.62 bits per heavy atom. The highest BCUT2D eigenvalue weighted by Gasteiger charge is 2.19. The zero-order valence-corrected chi connectivity index (χ0v) is 19.0. The molecule has 7 nitrogen and oxygen atoms in total. The van der Waals surface area contributed by atoms with E-state index in [-0.39, 0.29) is 18.1 Å². The zero-order valence-electron chi connectivity index (χ0n) is 18.2. The SMILES string of the molecule is COc1ccc(NC(=O)OCC(Oc2cccc3sc(C(=N)N)cc23)c2ccccc2)c(F)c1. The van der Waals surface area contributed by atoms with Crippen molar-refractivity contribution >= 4 is 39.0 Å². The molecule has 0 aliphatic rings. The number of benzene rings is 3. The van der Waals surface area contributed by atoms with Gasteiger partial charge in [0.25, 0.3) is 0 Å². The van der Waals surface area contributed by atoms with Crippen LogP contribution >= 0.6 is 11.3 Å². The number of nitrogens with two attached hydrogens (primary N) is 1. The second-order valence-corrected chi connectivity index (χ2v) is 8.36. The maximum Gasteiger partial charge on any atom is 0.411 e. The summed E-state index contributed by atoms with van der Waals surface area (Å²) in [5, 5.41) is 10.9. The van der Waals surface area contributed by atoms with Crippen molar-refractivity contribution in [3.63, 3.8) is 0 Å². The quantitative estimate of drug-likeness (QED) is 0.222. The summed E-state index contributed by atoms with van der Waals surface area (Å²) < 4.78 is 31.7. The molecule has 9 heteroatoms. The van der Waals surface area contributed by atoms with Gasteiger partial charge in [-0.3, -0.25) is 10.7 Å². The number of halogens is 1. The standard InChI is InChI=1S/C25H22FN3O4S/c1-31-16-10-11-19(18(26)12-16)29-25(30)32-14-21(15-6-3-2-4-7-15)33-20-8-5-9-22-17(20)13-23(34-22)24(27)28/h2-13,21H,14H2,1H3,(H3,27,28)(H,29,30).